The monoisotopic (exact) mass is 494 g/mol. The van der Waals surface area contributed by atoms with Crippen LogP contribution in [0.3, 0.4) is 0 Å². The fraction of sp³-hybridized carbons (Fsp3) is 0.367. The number of nitriles is 1. The number of aromatic nitrogens is 1. The van der Waals surface area contributed by atoms with Crippen LogP contribution in [0, 0.1) is 23.3 Å². The molecule has 182 valence electrons. The molecule has 1 aromatic heterocycles. The standard InChI is InChI=1S/C30H30N4OS/c1-30(2,3)26-18-23(24(19-31)32-4)22-14-13-21(28(22)35-26)17-25-27(20-11-7-5-8-12-20)33-29(36-25)34-15-9-6-10-16-34/h5,7-8,11-12,17-18H,6,9-10,13-16H2,1-3H3/b21-17+,24-23+. The van der Waals surface area contributed by atoms with E-state index < -0.39 is 0 Å². The molecule has 2 aromatic rings. The van der Waals surface area contributed by atoms with E-state index in [-0.39, 0.29) is 11.1 Å². The van der Waals surface area contributed by atoms with Gasteiger partial charge in [-0.15, -0.1) is 0 Å². The smallest absolute Gasteiger partial charge is 0.269 e. The number of piperidine rings is 1. The molecule has 0 bridgehead atoms. The summed E-state index contributed by atoms with van der Waals surface area (Å²) in [7, 11) is 0. The number of nitrogens with zero attached hydrogens (tertiary/aromatic N) is 4. The van der Waals surface area contributed by atoms with Gasteiger partial charge < -0.3 is 9.64 Å². The van der Waals surface area contributed by atoms with Gasteiger partial charge in [0.25, 0.3) is 5.70 Å². The molecule has 0 radical (unpaired) electrons. The third-order valence-corrected chi connectivity index (χ3v) is 7.92. The Morgan fingerprint density at radius 3 is 2.58 bits per heavy atom. The fourth-order valence-electron chi connectivity index (χ4n) is 4.89. The van der Waals surface area contributed by atoms with Crippen molar-refractivity contribution in [1.82, 2.24) is 4.98 Å². The first-order valence-corrected chi connectivity index (χ1v) is 13.4. The van der Waals surface area contributed by atoms with Crippen molar-refractivity contribution in [2.75, 3.05) is 18.0 Å². The Hall–Kier alpha value is -3.61. The van der Waals surface area contributed by atoms with Crippen molar-refractivity contribution in [1.29, 1.82) is 5.26 Å². The Kier molecular flexibility index (Phi) is 6.56. The first-order valence-electron chi connectivity index (χ1n) is 12.6. The molecular weight excluding hydrogens is 464 g/mol. The summed E-state index contributed by atoms with van der Waals surface area (Å²) in [5.41, 5.74) is 4.76. The van der Waals surface area contributed by atoms with Crippen LogP contribution in [0.2, 0.25) is 0 Å². The predicted octanol–water partition coefficient (Wildman–Crippen LogP) is 7.89. The highest BCUT2D eigenvalue weighted by Gasteiger charge is 2.34. The van der Waals surface area contributed by atoms with Gasteiger partial charge in [-0.25, -0.2) is 15.1 Å². The Morgan fingerprint density at radius 2 is 1.92 bits per heavy atom. The molecule has 0 unspecified atom stereocenters. The third kappa shape index (κ3) is 4.62. The lowest BCUT2D eigenvalue weighted by Crippen LogP contribution is -2.29. The minimum Gasteiger partial charge on any atom is -0.461 e. The fourth-order valence-corrected chi connectivity index (χ4v) is 5.99. The van der Waals surface area contributed by atoms with Crippen molar-refractivity contribution < 1.29 is 4.74 Å². The first kappa shape index (κ1) is 24.1. The highest BCUT2D eigenvalue weighted by atomic mass is 32.1. The summed E-state index contributed by atoms with van der Waals surface area (Å²) in [6, 6.07) is 12.5. The number of allylic oxidation sites excluding steroid dienone is 6. The summed E-state index contributed by atoms with van der Waals surface area (Å²) in [5, 5.41) is 10.7. The van der Waals surface area contributed by atoms with Crippen molar-refractivity contribution in [3.05, 3.63) is 86.6 Å². The lowest BCUT2D eigenvalue weighted by Gasteiger charge is -2.28. The zero-order valence-corrected chi connectivity index (χ0v) is 21.9. The molecular formula is C30H30N4OS. The minimum absolute atomic E-state index is 0.129. The summed E-state index contributed by atoms with van der Waals surface area (Å²) in [5.74, 6) is 1.59. The Bertz CT molecular complexity index is 1360. The molecule has 2 aliphatic heterocycles. The van der Waals surface area contributed by atoms with E-state index in [4.69, 9.17) is 16.3 Å². The van der Waals surface area contributed by atoms with Crippen molar-refractivity contribution >= 4 is 22.5 Å². The maximum atomic E-state index is 9.64. The lowest BCUT2D eigenvalue weighted by molar-refractivity contribution is 0.219. The largest absolute Gasteiger partial charge is 0.461 e. The second kappa shape index (κ2) is 9.80. The van der Waals surface area contributed by atoms with Crippen LogP contribution in [0.25, 0.3) is 22.2 Å². The van der Waals surface area contributed by atoms with E-state index >= 15 is 0 Å². The molecule has 6 heteroatoms. The quantitative estimate of drug-likeness (QED) is 0.322. The van der Waals surface area contributed by atoms with Crippen LogP contribution in [0.5, 0.6) is 0 Å². The van der Waals surface area contributed by atoms with E-state index in [2.05, 4.69) is 66.9 Å². The molecule has 1 fully saturated rings. The molecule has 1 aliphatic carbocycles. The number of hydrogen-bond donors (Lipinski definition) is 0. The number of thiazole rings is 1. The van der Waals surface area contributed by atoms with Crippen LogP contribution in [-0.2, 0) is 4.74 Å². The average molecular weight is 495 g/mol. The maximum Gasteiger partial charge on any atom is 0.269 e. The predicted molar refractivity (Wildman–Crippen MR) is 146 cm³/mol. The Balaban J connectivity index is 1.61. The zero-order valence-electron chi connectivity index (χ0n) is 21.1. The van der Waals surface area contributed by atoms with E-state index in [0.717, 1.165) is 69.9 Å². The topological polar surface area (TPSA) is 53.5 Å². The van der Waals surface area contributed by atoms with Gasteiger partial charge in [0.1, 0.15) is 11.5 Å². The van der Waals surface area contributed by atoms with Gasteiger partial charge in [-0.2, -0.15) is 0 Å². The lowest BCUT2D eigenvalue weighted by atomic mass is 9.89. The van der Waals surface area contributed by atoms with Crippen LogP contribution in [0.15, 0.2) is 70.3 Å². The number of ether oxygens (including phenoxy) is 1. The Labute approximate surface area is 217 Å². The number of rotatable bonds is 3. The van der Waals surface area contributed by atoms with Crippen molar-refractivity contribution in [3.8, 4) is 17.3 Å². The van der Waals surface area contributed by atoms with Gasteiger partial charge in [0.15, 0.2) is 5.13 Å². The summed E-state index contributed by atoms with van der Waals surface area (Å²) < 4.78 is 6.50. The second-order valence-corrected chi connectivity index (χ2v) is 11.5. The third-order valence-electron chi connectivity index (χ3n) is 6.86. The number of anilines is 1. The van der Waals surface area contributed by atoms with E-state index in [0.29, 0.717) is 5.57 Å². The van der Waals surface area contributed by atoms with E-state index in [9.17, 15) is 5.26 Å². The van der Waals surface area contributed by atoms with Crippen LogP contribution < -0.4 is 4.90 Å². The summed E-state index contributed by atoms with van der Waals surface area (Å²) >= 11 is 1.74. The first-order chi connectivity index (χ1) is 17.4. The minimum atomic E-state index is -0.249. The van der Waals surface area contributed by atoms with Gasteiger partial charge in [-0.1, -0.05) is 62.4 Å². The number of benzene rings is 1. The molecule has 36 heavy (non-hydrogen) atoms. The van der Waals surface area contributed by atoms with Crippen LogP contribution in [0.4, 0.5) is 5.13 Å². The van der Waals surface area contributed by atoms with E-state index in [1.54, 1.807) is 11.3 Å². The Morgan fingerprint density at radius 1 is 1.17 bits per heavy atom. The summed E-state index contributed by atoms with van der Waals surface area (Å²) in [4.78, 5) is 12.2. The molecule has 5 nitrogen and oxygen atoms in total. The van der Waals surface area contributed by atoms with Crippen LogP contribution >= 0.6 is 11.3 Å². The normalized spacial score (nSPS) is 20.4. The molecule has 0 amide bonds. The molecule has 0 N–H and O–H groups in total. The molecule has 5 rings (SSSR count). The summed E-state index contributed by atoms with van der Waals surface area (Å²) in [6.45, 7) is 15.9. The number of hydrogen-bond acceptors (Lipinski definition) is 5. The maximum absolute atomic E-state index is 9.64. The highest BCUT2D eigenvalue weighted by Crippen LogP contribution is 2.47. The van der Waals surface area contributed by atoms with Crippen LogP contribution in [-0.4, -0.2) is 18.1 Å². The van der Waals surface area contributed by atoms with Gasteiger partial charge in [-0.3, -0.25) is 0 Å². The molecule has 3 heterocycles. The molecule has 1 aromatic carbocycles. The SMILES string of the molecule is [C-]#[N+]/C(C#N)=C1\C=C(C(C)(C)C)OC2=C1CC/C2=C\c1sc(N2CCCCC2)nc1-c1ccccc1. The van der Waals surface area contributed by atoms with Gasteiger partial charge >= 0.3 is 0 Å². The molecule has 0 saturated carbocycles. The second-order valence-electron chi connectivity index (χ2n) is 10.4. The molecule has 0 atom stereocenters. The molecule has 3 aliphatic rings. The molecule has 1 saturated heterocycles. The van der Waals surface area contributed by atoms with Gasteiger partial charge in [0, 0.05) is 29.6 Å². The van der Waals surface area contributed by atoms with Crippen LogP contribution in [0.1, 0.15) is 57.8 Å². The van der Waals surface area contributed by atoms with Crippen molar-refractivity contribution in [2.24, 2.45) is 5.41 Å². The van der Waals surface area contributed by atoms with Gasteiger partial charge in [-0.05, 0) is 55.4 Å². The van der Waals surface area contributed by atoms with Gasteiger partial charge in [0.05, 0.1) is 23.2 Å². The van der Waals surface area contributed by atoms with E-state index in [1.165, 1.54) is 19.3 Å². The molecule has 0 spiro atoms. The highest BCUT2D eigenvalue weighted by molar-refractivity contribution is 7.17. The van der Waals surface area contributed by atoms with E-state index in [1.807, 2.05) is 12.1 Å². The summed E-state index contributed by atoms with van der Waals surface area (Å²) in [6.07, 6.45) is 9.39. The van der Waals surface area contributed by atoms with Crippen molar-refractivity contribution in [2.45, 2.75) is 52.9 Å². The average Bonchev–Trinajstić information content (AvgIpc) is 3.50. The van der Waals surface area contributed by atoms with Gasteiger partial charge in [0.2, 0.25) is 0 Å². The van der Waals surface area contributed by atoms with Crippen molar-refractivity contribution in [3.63, 3.8) is 0 Å². The zero-order chi connectivity index (χ0) is 25.3.